The Morgan fingerprint density at radius 3 is 2.67 bits per heavy atom. The monoisotopic (exact) mass is 353 g/mol. The van der Waals surface area contributed by atoms with E-state index in [0.717, 1.165) is 11.3 Å². The van der Waals surface area contributed by atoms with Crippen molar-refractivity contribution in [3.8, 4) is 0 Å². The lowest BCUT2D eigenvalue weighted by Crippen LogP contribution is -2.42. The fourth-order valence-corrected chi connectivity index (χ4v) is 3.73. The summed E-state index contributed by atoms with van der Waals surface area (Å²) in [7, 11) is 3.12. The Labute approximate surface area is 131 Å². The molecule has 0 bridgehead atoms. The van der Waals surface area contributed by atoms with E-state index < -0.39 is 11.4 Å². The third kappa shape index (κ3) is 2.00. The molecule has 0 aromatic heterocycles. The predicted octanol–water partition coefficient (Wildman–Crippen LogP) is 2.26. The number of anilines is 1. The van der Waals surface area contributed by atoms with Crippen LogP contribution in [-0.4, -0.2) is 39.2 Å². The number of ether oxygens (including phenoxy) is 2. The molecule has 6 heteroatoms. The van der Waals surface area contributed by atoms with E-state index in [9.17, 15) is 9.59 Å². The number of nitrogens with zero attached hydrogens (tertiary/aromatic N) is 1. The molecule has 0 saturated carbocycles. The van der Waals surface area contributed by atoms with Gasteiger partial charge >= 0.3 is 5.97 Å². The Balaban J connectivity index is 2.19. The first kappa shape index (κ1) is 14.5. The number of hydrogen-bond donors (Lipinski definition) is 0. The van der Waals surface area contributed by atoms with Crippen molar-refractivity contribution in [2.45, 2.75) is 18.3 Å². The summed E-state index contributed by atoms with van der Waals surface area (Å²) in [6.07, 6.45) is 1.29. The number of benzene rings is 1. The predicted molar refractivity (Wildman–Crippen MR) is 80.6 cm³/mol. The van der Waals surface area contributed by atoms with E-state index in [2.05, 4.69) is 15.9 Å². The van der Waals surface area contributed by atoms with Crippen molar-refractivity contribution >= 4 is 33.5 Å². The van der Waals surface area contributed by atoms with Gasteiger partial charge < -0.3 is 14.4 Å². The van der Waals surface area contributed by atoms with Crippen LogP contribution in [0.15, 0.2) is 16.6 Å². The van der Waals surface area contributed by atoms with Crippen LogP contribution in [0.1, 0.15) is 28.8 Å². The summed E-state index contributed by atoms with van der Waals surface area (Å²) < 4.78 is 10.9. The lowest BCUT2D eigenvalue weighted by Gasteiger charge is -2.32. The lowest BCUT2D eigenvalue weighted by atomic mass is 9.75. The zero-order chi connectivity index (χ0) is 15.2. The van der Waals surface area contributed by atoms with Gasteiger partial charge in [0.05, 0.1) is 18.1 Å². The Kier molecular flexibility index (Phi) is 3.53. The van der Waals surface area contributed by atoms with Gasteiger partial charge in [0.15, 0.2) is 0 Å². The van der Waals surface area contributed by atoms with Gasteiger partial charge in [0.1, 0.15) is 0 Å². The van der Waals surface area contributed by atoms with Crippen LogP contribution < -0.4 is 4.90 Å². The van der Waals surface area contributed by atoms with Gasteiger partial charge in [0.2, 0.25) is 5.91 Å². The Hall–Kier alpha value is -1.40. The molecule has 1 aromatic rings. The number of carbonyl (C=O) groups excluding carboxylic acids is 2. The molecule has 21 heavy (non-hydrogen) atoms. The summed E-state index contributed by atoms with van der Waals surface area (Å²) in [6, 6.07) is 3.61. The first-order valence-electron chi connectivity index (χ1n) is 6.79. The van der Waals surface area contributed by atoms with E-state index >= 15 is 0 Å². The minimum atomic E-state index is -0.564. The highest BCUT2D eigenvalue weighted by atomic mass is 79.9. The minimum absolute atomic E-state index is 0.0784. The number of rotatable bonds is 1. The molecule has 112 valence electrons. The van der Waals surface area contributed by atoms with Crippen LogP contribution >= 0.6 is 15.9 Å². The maximum atomic E-state index is 12.7. The van der Waals surface area contributed by atoms with Crippen molar-refractivity contribution in [2.24, 2.45) is 0 Å². The normalized spacial score (nSPS) is 19.8. The van der Waals surface area contributed by atoms with E-state index in [1.807, 2.05) is 6.07 Å². The van der Waals surface area contributed by atoms with Gasteiger partial charge in [0.25, 0.3) is 0 Å². The molecule has 2 aliphatic heterocycles. The third-order valence-corrected chi connectivity index (χ3v) is 5.08. The van der Waals surface area contributed by atoms with Gasteiger partial charge in [-0.3, -0.25) is 4.79 Å². The zero-order valence-electron chi connectivity index (χ0n) is 11.9. The van der Waals surface area contributed by atoms with Gasteiger partial charge in [-0.2, -0.15) is 0 Å². The zero-order valence-corrected chi connectivity index (χ0v) is 13.5. The van der Waals surface area contributed by atoms with Gasteiger partial charge in [-0.1, -0.05) is 0 Å². The lowest BCUT2D eigenvalue weighted by molar-refractivity contribution is -0.126. The van der Waals surface area contributed by atoms with Crippen LogP contribution in [-0.2, 0) is 19.7 Å². The molecule has 2 heterocycles. The summed E-state index contributed by atoms with van der Waals surface area (Å²) in [5.41, 5.74) is 1.64. The second-order valence-electron chi connectivity index (χ2n) is 5.40. The van der Waals surface area contributed by atoms with Crippen molar-refractivity contribution < 1.29 is 19.1 Å². The molecule has 0 radical (unpaired) electrons. The molecule has 0 atom stereocenters. The topological polar surface area (TPSA) is 55.8 Å². The highest BCUT2D eigenvalue weighted by Gasteiger charge is 2.50. The number of carbonyl (C=O) groups is 2. The fraction of sp³-hybridized carbons (Fsp3) is 0.467. The summed E-state index contributed by atoms with van der Waals surface area (Å²) in [6.45, 7) is 1.12. The van der Waals surface area contributed by atoms with Crippen LogP contribution in [0.4, 0.5) is 5.69 Å². The second-order valence-corrected chi connectivity index (χ2v) is 6.25. The molecule has 2 aliphatic rings. The quantitative estimate of drug-likeness (QED) is 0.726. The number of amides is 1. The van der Waals surface area contributed by atoms with Gasteiger partial charge in [-0.05, 0) is 46.5 Å². The van der Waals surface area contributed by atoms with Crippen LogP contribution in [0.2, 0.25) is 0 Å². The van der Waals surface area contributed by atoms with Crippen molar-refractivity contribution in [3.05, 3.63) is 27.7 Å². The van der Waals surface area contributed by atoms with Gasteiger partial charge in [0, 0.05) is 30.4 Å². The number of fused-ring (bicyclic) bond motifs is 2. The maximum Gasteiger partial charge on any atom is 0.339 e. The molecule has 1 spiro atoms. The van der Waals surface area contributed by atoms with Crippen LogP contribution in [0, 0.1) is 0 Å². The number of methoxy groups -OCH3 is 1. The molecule has 5 nitrogen and oxygen atoms in total. The number of halogens is 1. The largest absolute Gasteiger partial charge is 0.465 e. The highest BCUT2D eigenvalue weighted by Crippen LogP contribution is 2.48. The second kappa shape index (κ2) is 5.10. The number of esters is 1. The summed E-state index contributed by atoms with van der Waals surface area (Å²) >= 11 is 3.39. The average molecular weight is 354 g/mol. The van der Waals surface area contributed by atoms with E-state index in [1.165, 1.54) is 7.11 Å². The molecule has 0 aliphatic carbocycles. The van der Waals surface area contributed by atoms with E-state index in [1.54, 1.807) is 18.0 Å². The SMILES string of the molecule is COC(=O)c1cc2c(cc1Br)N(C)C(=O)C21CCOCC1. The maximum absolute atomic E-state index is 12.7. The summed E-state index contributed by atoms with van der Waals surface area (Å²) in [4.78, 5) is 26.3. The third-order valence-electron chi connectivity index (χ3n) is 4.43. The van der Waals surface area contributed by atoms with Crippen molar-refractivity contribution in [1.82, 2.24) is 0 Å². The van der Waals surface area contributed by atoms with E-state index in [4.69, 9.17) is 9.47 Å². The Morgan fingerprint density at radius 2 is 2.05 bits per heavy atom. The van der Waals surface area contributed by atoms with Crippen molar-refractivity contribution in [1.29, 1.82) is 0 Å². The molecular weight excluding hydrogens is 338 g/mol. The molecule has 3 rings (SSSR count). The van der Waals surface area contributed by atoms with Crippen LogP contribution in [0.5, 0.6) is 0 Å². The number of hydrogen-bond acceptors (Lipinski definition) is 4. The fourth-order valence-electron chi connectivity index (χ4n) is 3.24. The molecule has 1 saturated heterocycles. The van der Waals surface area contributed by atoms with Crippen LogP contribution in [0.25, 0.3) is 0 Å². The standard InChI is InChI=1S/C15H16BrNO4/c1-17-12-8-11(16)9(13(18)20-2)7-10(12)15(14(17)19)3-5-21-6-4-15/h7-8H,3-6H2,1-2H3. The Bertz CT molecular complexity index is 622. The van der Waals surface area contributed by atoms with Crippen molar-refractivity contribution in [2.75, 3.05) is 32.3 Å². The van der Waals surface area contributed by atoms with Gasteiger partial charge in [-0.15, -0.1) is 0 Å². The number of likely N-dealkylation sites (N-methyl/N-ethyl adjacent to an activating group) is 1. The van der Waals surface area contributed by atoms with E-state index in [0.29, 0.717) is 36.1 Å². The first-order valence-corrected chi connectivity index (χ1v) is 7.59. The molecule has 1 aromatic carbocycles. The minimum Gasteiger partial charge on any atom is -0.465 e. The van der Waals surface area contributed by atoms with E-state index in [-0.39, 0.29) is 5.91 Å². The summed E-state index contributed by atoms with van der Waals surface area (Å²) in [5, 5.41) is 0. The first-order chi connectivity index (χ1) is 10.0. The molecule has 0 N–H and O–H groups in total. The van der Waals surface area contributed by atoms with Gasteiger partial charge in [-0.25, -0.2) is 4.79 Å². The molecule has 1 amide bonds. The highest BCUT2D eigenvalue weighted by molar-refractivity contribution is 9.10. The molecular formula is C15H16BrNO4. The average Bonchev–Trinajstić information content (AvgIpc) is 2.69. The molecule has 0 unspecified atom stereocenters. The summed E-state index contributed by atoms with van der Waals surface area (Å²) in [5.74, 6) is -0.330. The van der Waals surface area contributed by atoms with Crippen LogP contribution in [0.3, 0.4) is 0 Å². The van der Waals surface area contributed by atoms with Crippen molar-refractivity contribution in [3.63, 3.8) is 0 Å². The Morgan fingerprint density at radius 1 is 1.38 bits per heavy atom. The molecule has 1 fully saturated rings. The smallest absolute Gasteiger partial charge is 0.339 e.